The lowest BCUT2D eigenvalue weighted by Gasteiger charge is -2.40. The van der Waals surface area contributed by atoms with E-state index in [0.717, 1.165) is 83.7 Å². The van der Waals surface area contributed by atoms with Crippen molar-refractivity contribution in [2.45, 2.75) is 30.4 Å². The van der Waals surface area contributed by atoms with Crippen molar-refractivity contribution in [1.29, 1.82) is 0 Å². The van der Waals surface area contributed by atoms with Gasteiger partial charge in [-0.25, -0.2) is 24.9 Å². The molecule has 0 fully saturated rings. The van der Waals surface area contributed by atoms with Crippen LogP contribution in [-0.4, -0.2) is 24.9 Å². The first-order valence-electron chi connectivity index (χ1n) is 36.0. The maximum Gasteiger partial charge on any atom is 0.164 e. The van der Waals surface area contributed by atoms with E-state index < -0.39 is 10.8 Å². The van der Waals surface area contributed by atoms with Crippen LogP contribution < -0.4 is 0 Å². The fraction of sp³-hybridized carbons (Fsp3) is 0.0202. The van der Waals surface area contributed by atoms with Crippen LogP contribution in [0, 0.1) is 0 Å². The Morgan fingerprint density at radius 1 is 0.160 bits per heavy atom. The molecule has 106 heavy (non-hydrogen) atoms. The number of rotatable bonds is 10. The minimum Gasteiger partial charge on any atom is -0.228 e. The summed E-state index contributed by atoms with van der Waals surface area (Å²) < 4.78 is 0. The van der Waals surface area contributed by atoms with E-state index in [1.165, 1.54) is 91.9 Å². The van der Waals surface area contributed by atoms with Crippen LogP contribution in [0.25, 0.3) is 135 Å². The molecular formula is C99H61N5S2. The van der Waals surface area contributed by atoms with Crippen LogP contribution in [0.3, 0.4) is 0 Å². The van der Waals surface area contributed by atoms with Gasteiger partial charge in [-0.05, 0) is 184 Å². The molecule has 0 radical (unpaired) electrons. The molecule has 0 N–H and O–H groups in total. The molecule has 0 amide bonds. The van der Waals surface area contributed by atoms with E-state index in [1.54, 1.807) is 0 Å². The van der Waals surface area contributed by atoms with Gasteiger partial charge in [0.05, 0.1) is 22.2 Å². The zero-order valence-corrected chi connectivity index (χ0v) is 58.9. The molecule has 0 saturated carbocycles. The quantitative estimate of drug-likeness (QED) is 0.135. The molecule has 0 saturated heterocycles. The molecule has 15 aromatic carbocycles. The normalized spacial score (nSPS) is 13.4. The van der Waals surface area contributed by atoms with Crippen molar-refractivity contribution in [1.82, 2.24) is 24.9 Å². The fourth-order valence-electron chi connectivity index (χ4n) is 17.2. The van der Waals surface area contributed by atoms with Gasteiger partial charge in [0, 0.05) is 53.0 Å². The summed E-state index contributed by atoms with van der Waals surface area (Å²) >= 11 is 3.72. The van der Waals surface area contributed by atoms with Crippen molar-refractivity contribution in [2.24, 2.45) is 0 Å². The number of hydrogen-bond donors (Lipinski definition) is 0. The minimum atomic E-state index is -0.681. The Morgan fingerprint density at radius 3 is 0.991 bits per heavy atom. The largest absolute Gasteiger partial charge is 0.228 e. The van der Waals surface area contributed by atoms with Gasteiger partial charge >= 0.3 is 0 Å². The molecule has 17 aromatic rings. The van der Waals surface area contributed by atoms with Gasteiger partial charge in [-0.1, -0.05) is 321 Å². The second kappa shape index (κ2) is 24.9. The Bertz CT molecular complexity index is 6260. The highest BCUT2D eigenvalue weighted by Gasteiger charge is 2.52. The zero-order valence-electron chi connectivity index (χ0n) is 57.3. The molecule has 0 atom stereocenters. The number of benzene rings is 15. The molecule has 2 aromatic heterocycles. The Labute approximate surface area is 623 Å². The van der Waals surface area contributed by atoms with Gasteiger partial charge in [-0.2, -0.15) is 0 Å². The summed E-state index contributed by atoms with van der Waals surface area (Å²) in [4.78, 5) is 31.8. The van der Waals surface area contributed by atoms with Crippen LogP contribution in [0.15, 0.2) is 390 Å². The van der Waals surface area contributed by atoms with Crippen LogP contribution in [-0.2, 0) is 10.8 Å². The van der Waals surface area contributed by atoms with Crippen molar-refractivity contribution in [3.05, 3.63) is 415 Å². The van der Waals surface area contributed by atoms with Gasteiger partial charge in [-0.3, -0.25) is 0 Å². The highest BCUT2D eigenvalue weighted by atomic mass is 32.2. The molecule has 494 valence electrons. The van der Waals surface area contributed by atoms with Crippen molar-refractivity contribution >= 4 is 23.5 Å². The number of nitrogens with zero attached hydrogens (tertiary/aromatic N) is 5. The van der Waals surface area contributed by atoms with E-state index in [1.807, 2.05) is 53.9 Å². The van der Waals surface area contributed by atoms with Crippen molar-refractivity contribution in [3.63, 3.8) is 0 Å². The molecule has 2 aliphatic carbocycles. The van der Waals surface area contributed by atoms with E-state index in [-0.39, 0.29) is 0 Å². The summed E-state index contributed by atoms with van der Waals surface area (Å²) in [6.07, 6.45) is 0. The topological polar surface area (TPSA) is 64.5 Å². The second-order valence-electron chi connectivity index (χ2n) is 27.7. The van der Waals surface area contributed by atoms with Crippen molar-refractivity contribution < 1.29 is 0 Å². The molecule has 2 aliphatic heterocycles. The zero-order chi connectivity index (χ0) is 69.9. The first kappa shape index (κ1) is 61.7. The molecule has 0 bridgehead atoms. The molecule has 5 nitrogen and oxygen atoms in total. The van der Waals surface area contributed by atoms with Gasteiger partial charge in [-0.15, -0.1) is 0 Å². The lowest BCUT2D eigenvalue weighted by atomic mass is 9.66. The predicted molar refractivity (Wildman–Crippen MR) is 433 cm³/mol. The molecule has 2 spiro atoms. The van der Waals surface area contributed by atoms with Gasteiger partial charge in [0.2, 0.25) is 0 Å². The Morgan fingerprint density at radius 2 is 0.481 bits per heavy atom. The smallest absolute Gasteiger partial charge is 0.164 e. The van der Waals surface area contributed by atoms with Crippen LogP contribution in [0.1, 0.15) is 44.5 Å². The maximum atomic E-state index is 5.52. The molecule has 4 aliphatic rings. The van der Waals surface area contributed by atoms with Crippen molar-refractivity contribution in [2.75, 3.05) is 0 Å². The van der Waals surface area contributed by atoms with Crippen LogP contribution in [0.5, 0.6) is 0 Å². The highest BCUT2D eigenvalue weighted by molar-refractivity contribution is 7.99. The summed E-state index contributed by atoms with van der Waals surface area (Å²) in [6.45, 7) is 0. The summed E-state index contributed by atoms with van der Waals surface area (Å²) in [5.41, 5.74) is 30.4. The van der Waals surface area contributed by atoms with Crippen LogP contribution in [0.4, 0.5) is 0 Å². The Balaban J connectivity index is 0.677. The monoisotopic (exact) mass is 1380 g/mol. The van der Waals surface area contributed by atoms with E-state index in [4.69, 9.17) is 24.9 Å². The minimum absolute atomic E-state index is 0.467. The summed E-state index contributed by atoms with van der Waals surface area (Å²) in [6, 6.07) is 135. The highest BCUT2D eigenvalue weighted by Crippen LogP contribution is 2.65. The standard InChI is InChI=1S/C99H61N5S2/c1-5-25-62(26-6-1)79-57-69(71-49-53-92-86(59-71)99(82-43-19-15-39-76(82)77-40-16-20-44-83(77)99)87-60-72(50-54-93(87)106-92)89-61-88(63-27-7-2-8-28-63)100-94(101-89)64-29-9-3-10-30-64)47-51-78(79)97-103-95(65-31-11-4-12-32-65)102-96(104-97)73-36-24-35-68(56-73)66-33-23-34-67(55-66)70-48-52-91-85(58-70)98(84-45-21-22-46-90(84)105-91)80-41-17-13-37-74(80)75-38-14-18-42-81(75)98/h1-61H. The van der Waals surface area contributed by atoms with E-state index in [9.17, 15) is 0 Å². The van der Waals surface area contributed by atoms with Gasteiger partial charge < -0.3 is 0 Å². The van der Waals surface area contributed by atoms with Crippen molar-refractivity contribution in [3.8, 4) is 135 Å². The summed E-state index contributed by atoms with van der Waals surface area (Å²) in [7, 11) is 0. The number of aromatic nitrogens is 5. The maximum absolute atomic E-state index is 5.52. The SMILES string of the molecule is c1ccc(-c2cc(-c3ccc4c(c3)C3(c5cc(-c6ccc(-c7nc(-c8ccccc8)nc(-c8cccc(-c9cccc(-c%10ccc%11c(c%10)C%10(c%12ccccc%12S%11)c%11ccccc%11-c%11ccccc%11%10)c9)c8)n7)c(-c7ccccc7)c6)ccc5S4)c4ccccc4-c4ccccc43)nc(-c3ccccc3)n2)cc1. The Kier molecular flexibility index (Phi) is 14.5. The Hall–Kier alpha value is -12.9. The summed E-state index contributed by atoms with van der Waals surface area (Å²) in [5.74, 6) is 2.46. The lowest BCUT2D eigenvalue weighted by molar-refractivity contribution is 0.723. The third kappa shape index (κ3) is 9.84. The van der Waals surface area contributed by atoms with Gasteiger partial charge in [0.1, 0.15) is 0 Å². The third-order valence-electron chi connectivity index (χ3n) is 21.9. The average molecular weight is 1380 g/mol. The third-order valence-corrected chi connectivity index (χ3v) is 24.2. The van der Waals surface area contributed by atoms with E-state index >= 15 is 0 Å². The molecular weight excluding hydrogens is 1320 g/mol. The number of fused-ring (bicyclic) bond motifs is 18. The van der Waals surface area contributed by atoms with Crippen LogP contribution >= 0.6 is 23.5 Å². The van der Waals surface area contributed by atoms with Gasteiger partial charge in [0.15, 0.2) is 23.3 Å². The lowest BCUT2D eigenvalue weighted by Crippen LogP contribution is -2.32. The molecule has 7 heteroatoms. The van der Waals surface area contributed by atoms with Crippen LogP contribution in [0.2, 0.25) is 0 Å². The van der Waals surface area contributed by atoms with Gasteiger partial charge in [0.25, 0.3) is 0 Å². The predicted octanol–water partition coefficient (Wildman–Crippen LogP) is 25.0. The first-order chi connectivity index (χ1) is 52.5. The van der Waals surface area contributed by atoms with E-state index in [2.05, 4.69) is 340 Å². The van der Waals surface area contributed by atoms with E-state index in [0.29, 0.717) is 23.3 Å². The second-order valence-corrected chi connectivity index (χ2v) is 29.8. The molecule has 0 unspecified atom stereocenters. The molecule has 4 heterocycles. The molecule has 21 rings (SSSR count). The average Bonchev–Trinajstić information content (AvgIpc) is 1.50. The fourth-order valence-corrected chi connectivity index (χ4v) is 19.5. The summed E-state index contributed by atoms with van der Waals surface area (Å²) in [5, 5.41) is 0. The first-order valence-corrected chi connectivity index (χ1v) is 37.6. The number of hydrogen-bond acceptors (Lipinski definition) is 7.